The predicted octanol–water partition coefficient (Wildman–Crippen LogP) is 5.71. The van der Waals surface area contributed by atoms with E-state index in [0.717, 1.165) is 29.8 Å². The highest BCUT2D eigenvalue weighted by Gasteiger charge is 2.36. The molecule has 3 aromatic rings. The first-order valence-electron chi connectivity index (χ1n) is 9.42. The molecular formula is C21H28ClN2O3SSi-. The fourth-order valence-electron chi connectivity index (χ4n) is 2.34. The number of aromatic amines is 1. The van der Waals surface area contributed by atoms with Crippen molar-refractivity contribution in [3.63, 3.8) is 0 Å². The summed E-state index contributed by atoms with van der Waals surface area (Å²) in [5.74, 6) is 0. The van der Waals surface area contributed by atoms with E-state index in [0.29, 0.717) is 10.0 Å². The molecule has 1 aromatic carbocycles. The van der Waals surface area contributed by atoms with Gasteiger partial charge in [-0.15, -0.1) is 0 Å². The molecule has 0 fully saturated rings. The molecule has 0 aliphatic heterocycles. The van der Waals surface area contributed by atoms with Crippen molar-refractivity contribution in [2.45, 2.75) is 50.2 Å². The standard InChI is InChI=1S/C15H23ClN2OSi.C6H6O2S/c1-15(2,3)20(4,5)19-9-8-11-10-13-12(17-11)6-7-14(16)18-13;7-9(8)6-4-2-1-3-5-6/h6-7,10,17H,8-9H2,1-5H3;1-5H,(H,7,8)/p-1. The van der Waals surface area contributed by atoms with Crippen molar-refractivity contribution in [1.29, 1.82) is 0 Å². The molecule has 8 heteroatoms. The molecular weight excluding hydrogens is 424 g/mol. The number of H-pyrrole nitrogens is 1. The molecule has 5 nitrogen and oxygen atoms in total. The number of fused-ring (bicyclic) bond motifs is 1. The van der Waals surface area contributed by atoms with Crippen LogP contribution < -0.4 is 0 Å². The average molecular weight is 452 g/mol. The van der Waals surface area contributed by atoms with Crippen LogP contribution in [0.25, 0.3) is 11.0 Å². The minimum absolute atomic E-state index is 0.253. The topological polar surface area (TPSA) is 78.0 Å². The molecule has 29 heavy (non-hydrogen) atoms. The van der Waals surface area contributed by atoms with Crippen LogP contribution in [0.5, 0.6) is 0 Å². The molecule has 1 N–H and O–H groups in total. The summed E-state index contributed by atoms with van der Waals surface area (Å²) in [6.07, 6.45) is 0.875. The van der Waals surface area contributed by atoms with E-state index >= 15 is 0 Å². The normalized spacial score (nSPS) is 13.1. The summed E-state index contributed by atoms with van der Waals surface area (Å²) in [6, 6.07) is 14.0. The minimum atomic E-state index is -2.08. The molecule has 0 aliphatic rings. The quantitative estimate of drug-likeness (QED) is 0.306. The summed E-state index contributed by atoms with van der Waals surface area (Å²) in [5, 5.41) is 0.781. The lowest BCUT2D eigenvalue weighted by Gasteiger charge is -2.36. The molecule has 0 spiro atoms. The highest BCUT2D eigenvalue weighted by molar-refractivity contribution is 7.79. The molecule has 1 unspecified atom stereocenters. The Hall–Kier alpha value is -1.51. The van der Waals surface area contributed by atoms with E-state index in [9.17, 15) is 8.76 Å². The second-order valence-electron chi connectivity index (χ2n) is 8.27. The summed E-state index contributed by atoms with van der Waals surface area (Å²) < 4.78 is 26.6. The van der Waals surface area contributed by atoms with Gasteiger partial charge in [-0.3, -0.25) is 4.21 Å². The van der Waals surface area contributed by atoms with Crippen molar-refractivity contribution in [2.24, 2.45) is 0 Å². The zero-order valence-corrected chi connectivity index (χ0v) is 20.1. The maximum Gasteiger partial charge on any atom is 0.191 e. The van der Waals surface area contributed by atoms with Gasteiger partial charge < -0.3 is 14.0 Å². The van der Waals surface area contributed by atoms with Gasteiger partial charge in [0.05, 0.1) is 11.0 Å². The van der Waals surface area contributed by atoms with Crippen molar-refractivity contribution in [2.75, 3.05) is 6.61 Å². The number of hydrogen-bond acceptors (Lipinski definition) is 4. The maximum atomic E-state index is 10.2. The monoisotopic (exact) mass is 451 g/mol. The van der Waals surface area contributed by atoms with Gasteiger partial charge in [0.1, 0.15) is 5.15 Å². The Kier molecular flexibility index (Phi) is 8.19. The highest BCUT2D eigenvalue weighted by atomic mass is 35.5. The first-order chi connectivity index (χ1) is 13.5. The number of benzene rings is 1. The Balaban J connectivity index is 0.000000278. The molecule has 0 aliphatic carbocycles. The molecule has 158 valence electrons. The van der Waals surface area contributed by atoms with Crippen LogP contribution in [0.3, 0.4) is 0 Å². The fourth-order valence-corrected chi connectivity index (χ4v) is 3.92. The average Bonchev–Trinajstić information content (AvgIpc) is 3.03. The summed E-state index contributed by atoms with van der Waals surface area (Å²) in [5.41, 5.74) is 3.09. The molecule has 1 atom stereocenters. The zero-order chi connectivity index (χ0) is 21.7. The Labute approximate surface area is 181 Å². The van der Waals surface area contributed by atoms with Crippen LogP contribution in [0.4, 0.5) is 0 Å². The SMILES string of the molecule is CC(C)(C)[Si](C)(C)OCCc1cc2nc(Cl)ccc2[nH]1.O=S([O-])c1ccccc1. The molecule has 0 saturated carbocycles. The van der Waals surface area contributed by atoms with Gasteiger partial charge in [0.25, 0.3) is 0 Å². The second-order valence-corrected chi connectivity index (χ2v) is 14.4. The molecule has 0 bridgehead atoms. The van der Waals surface area contributed by atoms with E-state index in [4.69, 9.17) is 16.0 Å². The second kappa shape index (κ2) is 10.00. The van der Waals surface area contributed by atoms with Crippen LogP contribution in [-0.4, -0.2) is 33.7 Å². The molecule has 3 rings (SSSR count). The lowest BCUT2D eigenvalue weighted by atomic mass is 10.2. The molecule has 0 radical (unpaired) electrons. The van der Waals surface area contributed by atoms with Crippen LogP contribution in [0, 0.1) is 0 Å². The Morgan fingerprint density at radius 3 is 2.38 bits per heavy atom. The van der Waals surface area contributed by atoms with Gasteiger partial charge in [-0.1, -0.05) is 50.6 Å². The number of pyridine rings is 1. The van der Waals surface area contributed by atoms with Gasteiger partial charge in [0.2, 0.25) is 0 Å². The van der Waals surface area contributed by atoms with Crippen LogP contribution in [0.2, 0.25) is 23.3 Å². The molecule has 2 heterocycles. The number of aromatic nitrogens is 2. The maximum absolute atomic E-state index is 10.2. The van der Waals surface area contributed by atoms with Gasteiger partial charge >= 0.3 is 0 Å². The van der Waals surface area contributed by atoms with E-state index < -0.39 is 19.4 Å². The molecule has 0 saturated heterocycles. The minimum Gasteiger partial charge on any atom is -0.768 e. The van der Waals surface area contributed by atoms with Crippen molar-refractivity contribution >= 4 is 42.0 Å². The van der Waals surface area contributed by atoms with E-state index in [-0.39, 0.29) is 5.04 Å². The summed E-state index contributed by atoms with van der Waals surface area (Å²) >= 11 is 3.82. The van der Waals surface area contributed by atoms with Crippen molar-refractivity contribution < 1.29 is 13.2 Å². The van der Waals surface area contributed by atoms with E-state index in [1.165, 1.54) is 0 Å². The van der Waals surface area contributed by atoms with Crippen molar-refractivity contribution in [1.82, 2.24) is 9.97 Å². The van der Waals surface area contributed by atoms with Crippen molar-refractivity contribution in [3.05, 3.63) is 59.4 Å². The van der Waals surface area contributed by atoms with E-state index in [2.05, 4.69) is 49.9 Å². The van der Waals surface area contributed by atoms with Crippen LogP contribution in [0.1, 0.15) is 26.5 Å². The largest absolute Gasteiger partial charge is 0.768 e. The smallest absolute Gasteiger partial charge is 0.191 e. The predicted molar refractivity (Wildman–Crippen MR) is 122 cm³/mol. The number of hydrogen-bond donors (Lipinski definition) is 1. The summed E-state index contributed by atoms with van der Waals surface area (Å²) in [4.78, 5) is 7.99. The van der Waals surface area contributed by atoms with Crippen molar-refractivity contribution in [3.8, 4) is 0 Å². The van der Waals surface area contributed by atoms with Crippen LogP contribution in [-0.2, 0) is 21.9 Å². The summed E-state index contributed by atoms with van der Waals surface area (Å²) in [7, 11) is -1.66. The zero-order valence-electron chi connectivity index (χ0n) is 17.5. The Bertz CT molecular complexity index is 955. The van der Waals surface area contributed by atoms with Gasteiger partial charge in [0.15, 0.2) is 8.32 Å². The Morgan fingerprint density at radius 2 is 1.83 bits per heavy atom. The first kappa shape index (κ1) is 23.8. The highest BCUT2D eigenvalue weighted by Crippen LogP contribution is 2.36. The number of halogens is 1. The molecule has 0 amide bonds. The van der Waals surface area contributed by atoms with Gasteiger partial charge in [-0.05, 0) is 59.5 Å². The lowest BCUT2D eigenvalue weighted by molar-refractivity contribution is 0.291. The summed E-state index contributed by atoms with van der Waals surface area (Å²) in [6.45, 7) is 12.1. The van der Waals surface area contributed by atoms with E-state index in [1.807, 2.05) is 6.07 Å². The number of rotatable bonds is 5. The van der Waals surface area contributed by atoms with Crippen LogP contribution >= 0.6 is 11.6 Å². The fraction of sp³-hybridized carbons (Fsp3) is 0.381. The molecule has 2 aromatic heterocycles. The van der Waals surface area contributed by atoms with Gasteiger partial charge in [-0.2, -0.15) is 0 Å². The number of nitrogens with one attached hydrogen (secondary N) is 1. The van der Waals surface area contributed by atoms with Gasteiger partial charge in [-0.25, -0.2) is 4.98 Å². The third-order valence-electron chi connectivity index (χ3n) is 5.07. The Morgan fingerprint density at radius 1 is 1.17 bits per heavy atom. The third kappa shape index (κ3) is 7.04. The van der Waals surface area contributed by atoms with E-state index in [1.54, 1.807) is 36.4 Å². The number of nitrogens with zero attached hydrogens (tertiary/aromatic N) is 1. The van der Waals surface area contributed by atoms with Crippen LogP contribution in [0.15, 0.2) is 53.4 Å². The first-order valence-corrected chi connectivity index (χ1v) is 13.8. The van der Waals surface area contributed by atoms with Gasteiger partial charge in [0, 0.05) is 23.6 Å². The third-order valence-corrected chi connectivity index (χ3v) is 10.5. The lowest BCUT2D eigenvalue weighted by Crippen LogP contribution is -2.41.